The standard InChI is InChI=1S/C13H15F2NO4/c1-7(13(17)20-3)10(6-16(18)19)9-4-11(14)8(2)12(15)5-9/h4-5,7,10H,6H2,1-3H3/t7?,10-/m1/s1. The van der Waals surface area contributed by atoms with Crippen molar-refractivity contribution < 1.29 is 23.2 Å². The van der Waals surface area contributed by atoms with Gasteiger partial charge in [-0.3, -0.25) is 14.9 Å². The van der Waals surface area contributed by atoms with Gasteiger partial charge in [-0.1, -0.05) is 6.92 Å². The third-order valence-electron chi connectivity index (χ3n) is 3.25. The minimum Gasteiger partial charge on any atom is -0.469 e. The molecule has 0 saturated carbocycles. The molecule has 1 aromatic carbocycles. The minimum absolute atomic E-state index is 0.0696. The largest absolute Gasteiger partial charge is 0.469 e. The number of carbonyl (C=O) groups excluding carboxylic acids is 1. The third-order valence-corrected chi connectivity index (χ3v) is 3.25. The van der Waals surface area contributed by atoms with Crippen LogP contribution in [0, 0.1) is 34.6 Å². The van der Waals surface area contributed by atoms with Crippen LogP contribution in [0.25, 0.3) is 0 Å². The maximum Gasteiger partial charge on any atom is 0.309 e. The van der Waals surface area contributed by atoms with Gasteiger partial charge in [-0.2, -0.15) is 0 Å². The van der Waals surface area contributed by atoms with E-state index in [4.69, 9.17) is 0 Å². The zero-order chi connectivity index (χ0) is 15.4. The quantitative estimate of drug-likeness (QED) is 0.474. The third kappa shape index (κ3) is 3.49. The van der Waals surface area contributed by atoms with E-state index in [1.807, 2.05) is 0 Å². The van der Waals surface area contributed by atoms with Gasteiger partial charge in [0, 0.05) is 10.5 Å². The van der Waals surface area contributed by atoms with Crippen molar-refractivity contribution >= 4 is 5.97 Å². The van der Waals surface area contributed by atoms with Gasteiger partial charge in [0.25, 0.3) is 0 Å². The van der Waals surface area contributed by atoms with Crippen LogP contribution in [0.3, 0.4) is 0 Å². The molecular formula is C13H15F2NO4. The van der Waals surface area contributed by atoms with E-state index >= 15 is 0 Å². The van der Waals surface area contributed by atoms with E-state index < -0.39 is 40.9 Å². The maximum absolute atomic E-state index is 13.6. The summed E-state index contributed by atoms with van der Waals surface area (Å²) in [6.07, 6.45) is 0. The summed E-state index contributed by atoms with van der Waals surface area (Å²) in [5.74, 6) is -4.11. The van der Waals surface area contributed by atoms with Crippen molar-refractivity contribution in [2.24, 2.45) is 5.92 Å². The first-order chi connectivity index (χ1) is 9.27. The van der Waals surface area contributed by atoms with Gasteiger partial charge in [0.1, 0.15) is 11.6 Å². The topological polar surface area (TPSA) is 69.4 Å². The molecule has 0 saturated heterocycles. The molecule has 0 bridgehead atoms. The summed E-state index contributed by atoms with van der Waals surface area (Å²) < 4.78 is 31.6. The lowest BCUT2D eigenvalue weighted by molar-refractivity contribution is -0.484. The monoisotopic (exact) mass is 287 g/mol. The number of nitro groups is 1. The van der Waals surface area contributed by atoms with Gasteiger partial charge >= 0.3 is 5.97 Å². The van der Waals surface area contributed by atoms with E-state index in [0.29, 0.717) is 0 Å². The second-order valence-electron chi connectivity index (χ2n) is 4.54. The van der Waals surface area contributed by atoms with Crippen LogP contribution in [0.2, 0.25) is 0 Å². The number of nitrogens with zero attached hydrogens (tertiary/aromatic N) is 1. The van der Waals surface area contributed by atoms with E-state index in [1.54, 1.807) is 0 Å². The summed E-state index contributed by atoms with van der Waals surface area (Å²) in [6, 6.07) is 2.04. The van der Waals surface area contributed by atoms with Gasteiger partial charge in [0.05, 0.1) is 18.9 Å². The van der Waals surface area contributed by atoms with Gasteiger partial charge in [0.15, 0.2) is 0 Å². The first-order valence-corrected chi connectivity index (χ1v) is 5.93. The summed E-state index contributed by atoms with van der Waals surface area (Å²) in [5.41, 5.74) is -0.0977. The lowest BCUT2D eigenvalue weighted by atomic mass is 9.86. The Kier molecular flexibility index (Phi) is 5.12. The molecule has 0 heterocycles. The van der Waals surface area contributed by atoms with Crippen LogP contribution in [0.15, 0.2) is 12.1 Å². The molecule has 0 amide bonds. The highest BCUT2D eigenvalue weighted by molar-refractivity contribution is 5.73. The second kappa shape index (κ2) is 6.40. The lowest BCUT2D eigenvalue weighted by Gasteiger charge is -2.19. The fourth-order valence-electron chi connectivity index (χ4n) is 1.94. The molecule has 1 aromatic rings. The van der Waals surface area contributed by atoms with Crippen molar-refractivity contribution in [3.8, 4) is 0 Å². The van der Waals surface area contributed by atoms with Crippen molar-refractivity contribution in [1.82, 2.24) is 0 Å². The smallest absolute Gasteiger partial charge is 0.309 e. The Hall–Kier alpha value is -2.05. The lowest BCUT2D eigenvalue weighted by Crippen LogP contribution is -2.26. The van der Waals surface area contributed by atoms with Crippen LogP contribution >= 0.6 is 0 Å². The molecule has 0 N–H and O–H groups in total. The van der Waals surface area contributed by atoms with E-state index in [2.05, 4.69) is 4.74 Å². The molecule has 0 aromatic heterocycles. The maximum atomic E-state index is 13.6. The molecule has 0 spiro atoms. The molecule has 110 valence electrons. The number of hydrogen-bond donors (Lipinski definition) is 0. The van der Waals surface area contributed by atoms with E-state index in [0.717, 1.165) is 19.2 Å². The average molecular weight is 287 g/mol. The molecule has 0 aliphatic rings. The van der Waals surface area contributed by atoms with E-state index in [-0.39, 0.29) is 11.1 Å². The number of hydrogen-bond acceptors (Lipinski definition) is 4. The zero-order valence-electron chi connectivity index (χ0n) is 11.4. The second-order valence-corrected chi connectivity index (χ2v) is 4.54. The molecule has 5 nitrogen and oxygen atoms in total. The fourth-order valence-corrected chi connectivity index (χ4v) is 1.94. The molecule has 20 heavy (non-hydrogen) atoms. The Labute approximate surface area is 114 Å². The normalized spacial score (nSPS) is 13.7. The number of halogens is 2. The number of benzene rings is 1. The SMILES string of the molecule is COC(=O)C(C)[C@@H](C[N+](=O)[O-])c1cc(F)c(C)c(F)c1. The van der Waals surface area contributed by atoms with E-state index in [1.165, 1.54) is 13.8 Å². The summed E-state index contributed by atoms with van der Waals surface area (Å²) in [6.45, 7) is 2.08. The molecule has 0 aliphatic heterocycles. The molecule has 0 fully saturated rings. The van der Waals surface area contributed by atoms with Crippen molar-refractivity contribution in [2.45, 2.75) is 19.8 Å². The fraction of sp³-hybridized carbons (Fsp3) is 0.462. The first kappa shape index (κ1) is 16.0. The molecular weight excluding hydrogens is 272 g/mol. The van der Waals surface area contributed by atoms with Crippen LogP contribution in [-0.2, 0) is 9.53 Å². The molecule has 0 aliphatic carbocycles. The highest BCUT2D eigenvalue weighted by Crippen LogP contribution is 2.28. The summed E-state index contributed by atoms with van der Waals surface area (Å²) >= 11 is 0. The van der Waals surface area contributed by atoms with Crippen molar-refractivity contribution in [2.75, 3.05) is 13.7 Å². The number of methoxy groups -OCH3 is 1. The Balaban J connectivity index is 3.23. The van der Waals surface area contributed by atoms with Gasteiger partial charge in [0.2, 0.25) is 6.54 Å². The Morgan fingerprint density at radius 3 is 2.30 bits per heavy atom. The number of ether oxygens (including phenoxy) is 1. The van der Waals surface area contributed by atoms with Crippen LogP contribution in [0.1, 0.15) is 24.0 Å². The van der Waals surface area contributed by atoms with Crippen molar-refractivity contribution in [3.05, 3.63) is 45.0 Å². The molecule has 7 heteroatoms. The molecule has 2 atom stereocenters. The Morgan fingerprint density at radius 2 is 1.90 bits per heavy atom. The molecule has 0 radical (unpaired) electrons. The highest BCUT2D eigenvalue weighted by atomic mass is 19.1. The number of rotatable bonds is 5. The van der Waals surface area contributed by atoms with Gasteiger partial charge in [-0.25, -0.2) is 8.78 Å². The van der Waals surface area contributed by atoms with Gasteiger partial charge in [-0.05, 0) is 24.6 Å². The number of carbonyl (C=O) groups is 1. The summed E-state index contributed by atoms with van der Waals surface area (Å²) in [4.78, 5) is 21.6. The minimum atomic E-state index is -0.956. The zero-order valence-corrected chi connectivity index (χ0v) is 11.4. The highest BCUT2D eigenvalue weighted by Gasteiger charge is 2.31. The summed E-state index contributed by atoms with van der Waals surface area (Å²) in [5, 5.41) is 10.7. The van der Waals surface area contributed by atoms with Crippen LogP contribution in [0.5, 0.6) is 0 Å². The molecule has 1 rings (SSSR count). The first-order valence-electron chi connectivity index (χ1n) is 5.93. The van der Waals surface area contributed by atoms with Crippen LogP contribution in [-0.4, -0.2) is 24.5 Å². The predicted molar refractivity (Wildman–Crippen MR) is 66.9 cm³/mol. The molecule has 1 unspecified atom stereocenters. The Morgan fingerprint density at radius 1 is 1.40 bits per heavy atom. The average Bonchev–Trinajstić information content (AvgIpc) is 2.39. The van der Waals surface area contributed by atoms with E-state index in [9.17, 15) is 23.7 Å². The number of esters is 1. The van der Waals surface area contributed by atoms with Crippen LogP contribution in [0.4, 0.5) is 8.78 Å². The summed E-state index contributed by atoms with van der Waals surface area (Å²) in [7, 11) is 1.15. The predicted octanol–water partition coefficient (Wildman–Crippen LogP) is 2.44. The van der Waals surface area contributed by atoms with Crippen molar-refractivity contribution in [3.63, 3.8) is 0 Å². The Bertz CT molecular complexity index is 510. The van der Waals surface area contributed by atoms with Crippen LogP contribution < -0.4 is 0 Å². The van der Waals surface area contributed by atoms with Gasteiger partial charge < -0.3 is 4.74 Å². The van der Waals surface area contributed by atoms with Gasteiger partial charge in [-0.15, -0.1) is 0 Å². The van der Waals surface area contributed by atoms with Crippen molar-refractivity contribution in [1.29, 1.82) is 0 Å².